The molecule has 1 saturated heterocycles. The minimum atomic E-state index is -0.239. The van der Waals surface area contributed by atoms with Crippen molar-refractivity contribution in [1.29, 1.82) is 0 Å². The molecule has 2 aromatic carbocycles. The zero-order valence-corrected chi connectivity index (χ0v) is 14.7. The topological polar surface area (TPSA) is 50.8 Å². The van der Waals surface area contributed by atoms with Crippen LogP contribution < -0.4 is 5.48 Å². The summed E-state index contributed by atoms with van der Waals surface area (Å²) in [5.41, 5.74) is 4.57. The normalized spacial score (nSPS) is 17.5. The SMILES string of the molecule is O=C(NOCc1ccccc1)N1CCOC(c2ccc(Br)cc2)C1. The van der Waals surface area contributed by atoms with Crippen LogP contribution >= 0.6 is 15.9 Å². The first-order valence-corrected chi connectivity index (χ1v) is 8.59. The number of hydrogen-bond donors (Lipinski definition) is 1. The van der Waals surface area contributed by atoms with E-state index in [0.29, 0.717) is 26.3 Å². The predicted molar refractivity (Wildman–Crippen MR) is 94.2 cm³/mol. The maximum absolute atomic E-state index is 12.2. The van der Waals surface area contributed by atoms with Crippen molar-refractivity contribution in [2.45, 2.75) is 12.7 Å². The predicted octanol–water partition coefficient (Wildman–Crippen LogP) is 3.66. The molecule has 1 aliphatic heterocycles. The number of morpholine rings is 1. The third kappa shape index (κ3) is 4.56. The Labute approximate surface area is 149 Å². The molecule has 126 valence electrons. The van der Waals surface area contributed by atoms with E-state index in [1.807, 2.05) is 54.6 Å². The zero-order chi connectivity index (χ0) is 16.8. The minimum absolute atomic E-state index is 0.119. The molecule has 1 unspecified atom stereocenters. The number of amides is 2. The number of hydrogen-bond acceptors (Lipinski definition) is 3. The lowest BCUT2D eigenvalue weighted by molar-refractivity contribution is -0.0284. The standard InChI is InChI=1S/C18H19BrN2O3/c19-16-8-6-15(7-9-16)17-12-21(10-11-23-17)18(22)20-24-13-14-4-2-1-3-5-14/h1-9,17H,10-13H2,(H,20,22). The van der Waals surface area contributed by atoms with E-state index in [1.165, 1.54) is 0 Å². The summed E-state index contributed by atoms with van der Waals surface area (Å²) in [6.45, 7) is 1.90. The molecule has 5 nitrogen and oxygen atoms in total. The number of carbonyl (C=O) groups is 1. The highest BCUT2D eigenvalue weighted by molar-refractivity contribution is 9.10. The number of ether oxygens (including phenoxy) is 1. The Morgan fingerprint density at radius 2 is 1.96 bits per heavy atom. The number of rotatable bonds is 4. The molecule has 1 N–H and O–H groups in total. The van der Waals surface area contributed by atoms with Gasteiger partial charge in [-0.1, -0.05) is 58.4 Å². The second-order valence-electron chi connectivity index (χ2n) is 5.54. The van der Waals surface area contributed by atoms with Gasteiger partial charge in [-0.2, -0.15) is 0 Å². The van der Waals surface area contributed by atoms with Gasteiger partial charge < -0.3 is 9.64 Å². The van der Waals surface area contributed by atoms with Crippen molar-refractivity contribution in [3.63, 3.8) is 0 Å². The molecule has 0 bridgehead atoms. The Bertz CT molecular complexity index is 664. The van der Waals surface area contributed by atoms with Crippen molar-refractivity contribution in [2.75, 3.05) is 19.7 Å². The highest BCUT2D eigenvalue weighted by Crippen LogP contribution is 2.23. The van der Waals surface area contributed by atoms with Crippen molar-refractivity contribution < 1.29 is 14.4 Å². The van der Waals surface area contributed by atoms with E-state index in [-0.39, 0.29) is 12.1 Å². The number of nitrogens with one attached hydrogen (secondary N) is 1. The number of urea groups is 1. The molecular formula is C18H19BrN2O3. The summed E-state index contributed by atoms with van der Waals surface area (Å²) in [6, 6.07) is 17.4. The molecule has 1 heterocycles. The van der Waals surface area contributed by atoms with Crippen LogP contribution in [0.15, 0.2) is 59.1 Å². The van der Waals surface area contributed by atoms with Crippen LogP contribution in [0, 0.1) is 0 Å². The summed E-state index contributed by atoms with van der Waals surface area (Å²) in [4.78, 5) is 19.3. The van der Waals surface area contributed by atoms with Crippen molar-refractivity contribution in [1.82, 2.24) is 10.4 Å². The molecule has 1 fully saturated rings. The Morgan fingerprint density at radius 1 is 1.21 bits per heavy atom. The summed E-state index contributed by atoms with van der Waals surface area (Å²) in [5.74, 6) is 0. The fourth-order valence-electron chi connectivity index (χ4n) is 2.53. The summed E-state index contributed by atoms with van der Waals surface area (Å²) in [7, 11) is 0. The Morgan fingerprint density at radius 3 is 2.71 bits per heavy atom. The van der Waals surface area contributed by atoms with Crippen LogP contribution in [-0.2, 0) is 16.2 Å². The van der Waals surface area contributed by atoms with Crippen molar-refractivity contribution in [2.24, 2.45) is 0 Å². The first kappa shape index (κ1) is 17.0. The lowest BCUT2D eigenvalue weighted by atomic mass is 10.1. The monoisotopic (exact) mass is 390 g/mol. The molecule has 1 atom stereocenters. The van der Waals surface area contributed by atoms with E-state index in [2.05, 4.69) is 21.4 Å². The quantitative estimate of drug-likeness (QED) is 0.810. The molecule has 3 rings (SSSR count). The molecule has 0 radical (unpaired) electrons. The molecule has 2 amide bonds. The lowest BCUT2D eigenvalue weighted by Gasteiger charge is -2.33. The van der Waals surface area contributed by atoms with Crippen LogP contribution in [0.25, 0.3) is 0 Å². The molecule has 0 aromatic heterocycles. The number of benzene rings is 2. The largest absolute Gasteiger partial charge is 0.370 e. The molecular weight excluding hydrogens is 372 g/mol. The van der Waals surface area contributed by atoms with E-state index < -0.39 is 0 Å². The zero-order valence-electron chi connectivity index (χ0n) is 13.2. The number of nitrogens with zero attached hydrogens (tertiary/aromatic N) is 1. The second-order valence-corrected chi connectivity index (χ2v) is 6.45. The Balaban J connectivity index is 1.50. The van der Waals surface area contributed by atoms with Crippen molar-refractivity contribution in [3.8, 4) is 0 Å². The van der Waals surface area contributed by atoms with Gasteiger partial charge in [0.15, 0.2) is 0 Å². The van der Waals surface area contributed by atoms with Crippen molar-refractivity contribution >= 4 is 22.0 Å². The number of carbonyl (C=O) groups excluding carboxylic acids is 1. The fraction of sp³-hybridized carbons (Fsp3) is 0.278. The summed E-state index contributed by atoms with van der Waals surface area (Å²) < 4.78 is 6.80. The molecule has 24 heavy (non-hydrogen) atoms. The first-order chi connectivity index (χ1) is 11.7. The molecule has 6 heteroatoms. The Hall–Kier alpha value is -1.89. The van der Waals surface area contributed by atoms with Gasteiger partial charge in [0.2, 0.25) is 0 Å². The van der Waals surface area contributed by atoms with Crippen LogP contribution in [-0.4, -0.2) is 30.6 Å². The number of hydroxylamine groups is 1. The minimum Gasteiger partial charge on any atom is -0.370 e. The van der Waals surface area contributed by atoms with Gasteiger partial charge in [-0.15, -0.1) is 0 Å². The number of halogens is 1. The van der Waals surface area contributed by atoms with Gasteiger partial charge in [0.05, 0.1) is 19.8 Å². The van der Waals surface area contributed by atoms with Crippen LogP contribution in [0.1, 0.15) is 17.2 Å². The molecule has 0 saturated carbocycles. The fourth-order valence-corrected chi connectivity index (χ4v) is 2.80. The summed E-state index contributed by atoms with van der Waals surface area (Å²) in [6.07, 6.45) is -0.119. The summed E-state index contributed by atoms with van der Waals surface area (Å²) in [5, 5.41) is 0. The maximum atomic E-state index is 12.2. The molecule has 0 spiro atoms. The second kappa shape index (κ2) is 8.28. The average molecular weight is 391 g/mol. The van der Waals surface area contributed by atoms with Gasteiger partial charge in [-0.25, -0.2) is 10.3 Å². The lowest BCUT2D eigenvalue weighted by Crippen LogP contribution is -2.47. The highest BCUT2D eigenvalue weighted by atomic mass is 79.9. The van der Waals surface area contributed by atoms with E-state index in [0.717, 1.165) is 15.6 Å². The maximum Gasteiger partial charge on any atom is 0.341 e. The van der Waals surface area contributed by atoms with Gasteiger partial charge in [-0.3, -0.25) is 4.84 Å². The first-order valence-electron chi connectivity index (χ1n) is 7.80. The average Bonchev–Trinajstić information content (AvgIpc) is 2.63. The van der Waals surface area contributed by atoms with Crippen LogP contribution in [0.4, 0.5) is 4.79 Å². The van der Waals surface area contributed by atoms with Gasteiger partial charge in [0, 0.05) is 11.0 Å². The molecule has 0 aliphatic carbocycles. The van der Waals surface area contributed by atoms with Crippen LogP contribution in [0.3, 0.4) is 0 Å². The van der Waals surface area contributed by atoms with Gasteiger partial charge in [0.1, 0.15) is 6.10 Å². The third-order valence-corrected chi connectivity index (χ3v) is 4.37. The van der Waals surface area contributed by atoms with E-state index in [1.54, 1.807) is 4.90 Å². The van der Waals surface area contributed by atoms with E-state index in [9.17, 15) is 4.79 Å². The molecule has 2 aromatic rings. The van der Waals surface area contributed by atoms with Crippen LogP contribution in [0.5, 0.6) is 0 Å². The van der Waals surface area contributed by atoms with Gasteiger partial charge in [-0.05, 0) is 23.3 Å². The van der Waals surface area contributed by atoms with Gasteiger partial charge >= 0.3 is 6.03 Å². The van der Waals surface area contributed by atoms with Crippen molar-refractivity contribution in [3.05, 3.63) is 70.2 Å². The van der Waals surface area contributed by atoms with E-state index >= 15 is 0 Å². The highest BCUT2D eigenvalue weighted by Gasteiger charge is 2.25. The van der Waals surface area contributed by atoms with Gasteiger partial charge in [0.25, 0.3) is 0 Å². The Kier molecular flexibility index (Phi) is 5.85. The smallest absolute Gasteiger partial charge is 0.341 e. The third-order valence-electron chi connectivity index (χ3n) is 3.84. The molecule has 1 aliphatic rings. The summed E-state index contributed by atoms with van der Waals surface area (Å²) >= 11 is 3.42. The van der Waals surface area contributed by atoms with Crippen LogP contribution in [0.2, 0.25) is 0 Å². The van der Waals surface area contributed by atoms with E-state index in [4.69, 9.17) is 9.57 Å².